The van der Waals surface area contributed by atoms with E-state index in [2.05, 4.69) is 0 Å². The normalized spacial score (nSPS) is 13.5. The number of rotatable bonds is 13. The van der Waals surface area contributed by atoms with Crippen LogP contribution in [-0.4, -0.2) is 47.3 Å². The number of aliphatic hydroxyl groups excluding tert-OH is 1. The molecule has 0 aliphatic heterocycles. The standard InChI is InChI=1S/C18H27NO4.C11H8O2/c1-19(18(22)14-10-11-14)13-15-7-4-5-8-16(15)23-12-6-2-3-9-17(20)21;12-8-9-3-5-10(6-4-9)11-2-1-7-13-11/h4-5,7-8,14,18,22H,2-3,6,9-13H2,1H3,(H,20,21);1-8H. The van der Waals surface area contributed by atoms with Gasteiger partial charge in [-0.2, -0.15) is 0 Å². The predicted octanol–water partition coefficient (Wildman–Crippen LogP) is 5.63. The fourth-order valence-corrected chi connectivity index (χ4v) is 3.80. The zero-order chi connectivity index (χ0) is 25.8. The van der Waals surface area contributed by atoms with Crippen molar-refractivity contribution in [3.05, 3.63) is 78.1 Å². The highest BCUT2D eigenvalue weighted by molar-refractivity contribution is 5.76. The lowest BCUT2D eigenvalue weighted by Gasteiger charge is -2.24. The highest BCUT2D eigenvalue weighted by atomic mass is 16.5. The fraction of sp³-hybridized carbons (Fsp3) is 0.379. The Kier molecular flexibility index (Phi) is 10.7. The number of unbranched alkanes of at least 4 members (excludes halogenated alkanes) is 2. The summed E-state index contributed by atoms with van der Waals surface area (Å²) in [5, 5.41) is 18.8. The van der Waals surface area contributed by atoms with E-state index in [1.54, 1.807) is 18.4 Å². The van der Waals surface area contributed by atoms with E-state index >= 15 is 0 Å². The van der Waals surface area contributed by atoms with E-state index < -0.39 is 5.97 Å². The number of carboxylic acids is 1. The summed E-state index contributed by atoms with van der Waals surface area (Å²) >= 11 is 0. The van der Waals surface area contributed by atoms with Gasteiger partial charge in [-0.1, -0.05) is 42.5 Å². The summed E-state index contributed by atoms with van der Waals surface area (Å²) in [6.07, 6.45) is 6.92. The third kappa shape index (κ3) is 8.98. The molecular weight excluding hydrogens is 458 g/mol. The van der Waals surface area contributed by atoms with Crippen LogP contribution in [0, 0.1) is 5.92 Å². The van der Waals surface area contributed by atoms with Crippen LogP contribution in [0.5, 0.6) is 5.75 Å². The van der Waals surface area contributed by atoms with Crippen molar-refractivity contribution >= 4 is 12.3 Å². The number of para-hydroxylation sites is 1. The zero-order valence-corrected chi connectivity index (χ0v) is 20.7. The Morgan fingerprint density at radius 1 is 1.08 bits per heavy atom. The maximum atomic E-state index is 10.5. The molecule has 1 saturated carbocycles. The third-order valence-electron chi connectivity index (χ3n) is 6.03. The van der Waals surface area contributed by atoms with Crippen LogP contribution in [0.1, 0.15) is 54.4 Å². The van der Waals surface area contributed by atoms with Crippen molar-refractivity contribution in [2.24, 2.45) is 5.92 Å². The minimum Gasteiger partial charge on any atom is -0.493 e. The number of carbonyl (C=O) groups excluding carboxylic acids is 1. The Labute approximate surface area is 212 Å². The van der Waals surface area contributed by atoms with E-state index in [1.807, 2.05) is 60.5 Å². The van der Waals surface area contributed by atoms with Crippen molar-refractivity contribution in [3.8, 4) is 17.1 Å². The topological polar surface area (TPSA) is 100 Å². The van der Waals surface area contributed by atoms with Crippen molar-refractivity contribution in [1.82, 2.24) is 4.90 Å². The Bertz CT molecular complexity index is 1060. The molecule has 1 atom stereocenters. The van der Waals surface area contributed by atoms with Crippen molar-refractivity contribution in [2.75, 3.05) is 13.7 Å². The van der Waals surface area contributed by atoms with Gasteiger partial charge in [0.25, 0.3) is 0 Å². The van der Waals surface area contributed by atoms with Crippen LogP contribution in [-0.2, 0) is 11.3 Å². The number of aldehydes is 1. The van der Waals surface area contributed by atoms with Gasteiger partial charge in [0.05, 0.1) is 12.9 Å². The number of hydrogen-bond donors (Lipinski definition) is 2. The smallest absolute Gasteiger partial charge is 0.303 e. The molecule has 192 valence electrons. The van der Waals surface area contributed by atoms with Gasteiger partial charge < -0.3 is 19.4 Å². The number of aliphatic carboxylic acids is 1. The number of benzene rings is 2. The van der Waals surface area contributed by atoms with Gasteiger partial charge in [0, 0.05) is 29.7 Å². The Morgan fingerprint density at radius 2 is 1.83 bits per heavy atom. The predicted molar refractivity (Wildman–Crippen MR) is 138 cm³/mol. The number of carbonyl (C=O) groups is 2. The van der Waals surface area contributed by atoms with E-state index in [-0.39, 0.29) is 12.6 Å². The van der Waals surface area contributed by atoms with Gasteiger partial charge in [0.1, 0.15) is 24.0 Å². The molecule has 2 N–H and O–H groups in total. The molecule has 1 fully saturated rings. The zero-order valence-electron chi connectivity index (χ0n) is 20.7. The fourth-order valence-electron chi connectivity index (χ4n) is 3.80. The van der Waals surface area contributed by atoms with Crippen LogP contribution < -0.4 is 4.74 Å². The molecule has 0 radical (unpaired) electrons. The molecular formula is C29H35NO6. The van der Waals surface area contributed by atoms with Crippen LogP contribution >= 0.6 is 0 Å². The van der Waals surface area contributed by atoms with E-state index in [9.17, 15) is 14.7 Å². The molecule has 36 heavy (non-hydrogen) atoms. The molecule has 1 aromatic heterocycles. The summed E-state index contributed by atoms with van der Waals surface area (Å²) in [7, 11) is 1.94. The lowest BCUT2D eigenvalue weighted by atomic mass is 10.1. The second kappa shape index (κ2) is 14.2. The number of nitrogens with zero attached hydrogens (tertiary/aromatic N) is 1. The number of hydrogen-bond acceptors (Lipinski definition) is 6. The van der Waals surface area contributed by atoms with Crippen molar-refractivity contribution in [1.29, 1.82) is 0 Å². The summed E-state index contributed by atoms with van der Waals surface area (Å²) < 4.78 is 11.0. The maximum Gasteiger partial charge on any atom is 0.303 e. The van der Waals surface area contributed by atoms with E-state index in [1.165, 1.54) is 0 Å². The largest absolute Gasteiger partial charge is 0.493 e. The molecule has 7 nitrogen and oxygen atoms in total. The molecule has 4 rings (SSSR count). The molecule has 3 aromatic rings. The quantitative estimate of drug-likeness (QED) is 0.181. The second-order valence-electron chi connectivity index (χ2n) is 9.04. The van der Waals surface area contributed by atoms with Gasteiger partial charge in [-0.05, 0) is 63.3 Å². The monoisotopic (exact) mass is 493 g/mol. The van der Waals surface area contributed by atoms with Gasteiger partial charge >= 0.3 is 5.97 Å². The maximum absolute atomic E-state index is 10.5. The molecule has 1 aliphatic rings. The summed E-state index contributed by atoms with van der Waals surface area (Å²) in [5.41, 5.74) is 2.73. The molecule has 1 aliphatic carbocycles. The van der Waals surface area contributed by atoms with Crippen LogP contribution in [0.25, 0.3) is 11.3 Å². The summed E-state index contributed by atoms with van der Waals surface area (Å²) in [6.45, 7) is 1.25. The lowest BCUT2D eigenvalue weighted by molar-refractivity contribution is -0.137. The van der Waals surface area contributed by atoms with Gasteiger partial charge in [0.2, 0.25) is 0 Å². The number of aliphatic hydroxyl groups is 1. The number of ether oxygens (including phenoxy) is 1. The molecule has 0 bridgehead atoms. The van der Waals surface area contributed by atoms with Crippen LogP contribution in [0.2, 0.25) is 0 Å². The van der Waals surface area contributed by atoms with Crippen LogP contribution in [0.3, 0.4) is 0 Å². The van der Waals surface area contributed by atoms with Gasteiger partial charge in [0.15, 0.2) is 0 Å². The molecule has 1 heterocycles. The minimum absolute atomic E-state index is 0.223. The number of furan rings is 1. The highest BCUT2D eigenvalue weighted by Crippen LogP contribution is 2.34. The molecule has 2 aromatic carbocycles. The minimum atomic E-state index is -0.742. The summed E-state index contributed by atoms with van der Waals surface area (Å²) in [5.74, 6) is 1.34. The number of carboxylic acid groups (broad SMARTS) is 1. The SMILES string of the molecule is CN(Cc1ccccc1OCCCCCC(=O)O)C(O)C1CC1.O=Cc1ccc(-c2ccco2)cc1. The Balaban J connectivity index is 0.000000233. The first kappa shape index (κ1) is 27.2. The average Bonchev–Trinajstić information content (AvgIpc) is 3.60. The molecule has 0 spiro atoms. The second-order valence-corrected chi connectivity index (χ2v) is 9.04. The van der Waals surface area contributed by atoms with Crippen molar-refractivity contribution in [3.63, 3.8) is 0 Å². The van der Waals surface area contributed by atoms with Gasteiger partial charge in [-0.15, -0.1) is 0 Å². The first-order valence-electron chi connectivity index (χ1n) is 12.4. The summed E-state index contributed by atoms with van der Waals surface area (Å²) in [4.78, 5) is 22.8. The van der Waals surface area contributed by atoms with E-state index in [4.69, 9.17) is 14.3 Å². The highest BCUT2D eigenvalue weighted by Gasteiger charge is 2.32. The Hall–Kier alpha value is -3.42. The van der Waals surface area contributed by atoms with Gasteiger partial charge in [-0.25, -0.2) is 0 Å². The molecule has 1 unspecified atom stereocenters. The van der Waals surface area contributed by atoms with Crippen molar-refractivity contribution in [2.45, 2.75) is 51.3 Å². The molecule has 0 saturated heterocycles. The van der Waals surface area contributed by atoms with Gasteiger partial charge in [-0.3, -0.25) is 14.5 Å². The molecule has 7 heteroatoms. The molecule has 0 amide bonds. The third-order valence-corrected chi connectivity index (χ3v) is 6.03. The van der Waals surface area contributed by atoms with E-state index in [0.717, 1.165) is 54.6 Å². The van der Waals surface area contributed by atoms with Crippen LogP contribution in [0.15, 0.2) is 71.3 Å². The van der Waals surface area contributed by atoms with E-state index in [0.29, 0.717) is 31.1 Å². The average molecular weight is 494 g/mol. The lowest BCUT2D eigenvalue weighted by Crippen LogP contribution is -2.32. The first-order chi connectivity index (χ1) is 17.5. The van der Waals surface area contributed by atoms with Crippen molar-refractivity contribution < 1.29 is 29.0 Å². The Morgan fingerprint density at radius 3 is 2.47 bits per heavy atom. The first-order valence-corrected chi connectivity index (χ1v) is 12.4. The van der Waals surface area contributed by atoms with Crippen LogP contribution in [0.4, 0.5) is 0 Å². The summed E-state index contributed by atoms with van der Waals surface area (Å²) in [6, 6.07) is 18.9.